The standard InChI is InChI=1S/C19H21NO5/c1-2-24-16-10-8-14(9-11-16)12-17(18(21)22)20-19(23)25-13-15-6-4-3-5-7-15/h3-11,17H,2,12-13H2,1H3,(H,20,23)(H,21,22). The van der Waals surface area contributed by atoms with Crippen LogP contribution in [0, 0.1) is 0 Å². The van der Waals surface area contributed by atoms with Gasteiger partial charge in [0, 0.05) is 6.42 Å². The highest BCUT2D eigenvalue weighted by molar-refractivity contribution is 5.80. The summed E-state index contributed by atoms with van der Waals surface area (Å²) in [6.07, 6.45) is -0.607. The van der Waals surface area contributed by atoms with Gasteiger partial charge in [-0.05, 0) is 30.2 Å². The van der Waals surface area contributed by atoms with Gasteiger partial charge in [-0.1, -0.05) is 42.5 Å². The summed E-state index contributed by atoms with van der Waals surface area (Å²) in [5.41, 5.74) is 1.61. The summed E-state index contributed by atoms with van der Waals surface area (Å²) in [5.74, 6) is -0.404. The van der Waals surface area contributed by atoms with E-state index >= 15 is 0 Å². The van der Waals surface area contributed by atoms with Crippen LogP contribution in [-0.2, 0) is 22.6 Å². The molecule has 2 aromatic carbocycles. The predicted molar refractivity (Wildman–Crippen MR) is 92.5 cm³/mol. The Balaban J connectivity index is 1.89. The first-order chi connectivity index (χ1) is 12.1. The molecule has 132 valence electrons. The van der Waals surface area contributed by atoms with Gasteiger partial charge in [-0.15, -0.1) is 0 Å². The van der Waals surface area contributed by atoms with E-state index in [0.717, 1.165) is 11.1 Å². The van der Waals surface area contributed by atoms with Gasteiger partial charge in [0.05, 0.1) is 6.61 Å². The lowest BCUT2D eigenvalue weighted by Gasteiger charge is -2.15. The zero-order valence-electron chi connectivity index (χ0n) is 14.0. The van der Waals surface area contributed by atoms with Gasteiger partial charge >= 0.3 is 12.1 Å². The lowest BCUT2D eigenvalue weighted by molar-refractivity contribution is -0.139. The number of carboxylic acid groups (broad SMARTS) is 1. The Hall–Kier alpha value is -3.02. The van der Waals surface area contributed by atoms with Gasteiger partial charge in [0.15, 0.2) is 0 Å². The van der Waals surface area contributed by atoms with Crippen molar-refractivity contribution in [2.75, 3.05) is 6.61 Å². The van der Waals surface area contributed by atoms with Crippen LogP contribution in [0.2, 0.25) is 0 Å². The van der Waals surface area contributed by atoms with Crippen LogP contribution in [-0.4, -0.2) is 29.8 Å². The fourth-order valence-corrected chi connectivity index (χ4v) is 2.23. The molecule has 2 rings (SSSR count). The van der Waals surface area contributed by atoms with Gasteiger partial charge in [-0.25, -0.2) is 9.59 Å². The van der Waals surface area contributed by atoms with E-state index in [0.29, 0.717) is 12.4 Å². The van der Waals surface area contributed by atoms with Crippen molar-refractivity contribution in [1.29, 1.82) is 0 Å². The predicted octanol–water partition coefficient (Wildman–Crippen LogP) is 3.01. The van der Waals surface area contributed by atoms with Gasteiger partial charge in [-0.3, -0.25) is 0 Å². The molecule has 2 N–H and O–H groups in total. The molecule has 0 aliphatic rings. The van der Waals surface area contributed by atoms with Crippen molar-refractivity contribution in [2.45, 2.75) is 26.0 Å². The van der Waals surface area contributed by atoms with E-state index < -0.39 is 18.1 Å². The molecule has 1 atom stereocenters. The van der Waals surface area contributed by atoms with Crippen molar-refractivity contribution >= 4 is 12.1 Å². The highest BCUT2D eigenvalue weighted by atomic mass is 16.5. The monoisotopic (exact) mass is 343 g/mol. The van der Waals surface area contributed by atoms with Crippen molar-refractivity contribution in [3.8, 4) is 5.75 Å². The van der Waals surface area contributed by atoms with Crippen molar-refractivity contribution < 1.29 is 24.2 Å². The van der Waals surface area contributed by atoms with Crippen LogP contribution in [0.1, 0.15) is 18.1 Å². The Morgan fingerprint density at radius 1 is 1.04 bits per heavy atom. The summed E-state index contributed by atoms with van der Waals surface area (Å²) in [7, 11) is 0. The summed E-state index contributed by atoms with van der Waals surface area (Å²) < 4.78 is 10.4. The van der Waals surface area contributed by atoms with Crippen LogP contribution in [0.3, 0.4) is 0 Å². The minimum Gasteiger partial charge on any atom is -0.494 e. The maximum Gasteiger partial charge on any atom is 0.408 e. The molecule has 1 amide bonds. The number of hydrogen-bond donors (Lipinski definition) is 2. The average Bonchev–Trinajstić information content (AvgIpc) is 2.62. The highest BCUT2D eigenvalue weighted by Gasteiger charge is 2.21. The Bertz CT molecular complexity index is 685. The maximum atomic E-state index is 11.8. The Kier molecular flexibility index (Phi) is 6.83. The Labute approximate surface area is 146 Å². The van der Waals surface area contributed by atoms with Crippen molar-refractivity contribution in [2.24, 2.45) is 0 Å². The molecule has 6 heteroatoms. The van der Waals surface area contributed by atoms with Gasteiger partial charge < -0.3 is 19.9 Å². The number of aliphatic carboxylic acids is 1. The minimum atomic E-state index is -1.12. The first kappa shape index (κ1) is 18.3. The van der Waals surface area contributed by atoms with E-state index in [9.17, 15) is 14.7 Å². The number of carbonyl (C=O) groups excluding carboxylic acids is 1. The lowest BCUT2D eigenvalue weighted by Crippen LogP contribution is -2.42. The number of alkyl carbamates (subject to hydrolysis) is 1. The third kappa shape index (κ3) is 6.18. The number of amides is 1. The van der Waals surface area contributed by atoms with Crippen molar-refractivity contribution in [3.63, 3.8) is 0 Å². The topological polar surface area (TPSA) is 84.9 Å². The normalized spacial score (nSPS) is 11.4. The van der Waals surface area contributed by atoms with Crippen LogP contribution in [0.5, 0.6) is 5.75 Å². The third-order valence-corrected chi connectivity index (χ3v) is 3.48. The first-order valence-electron chi connectivity index (χ1n) is 8.00. The van der Waals surface area contributed by atoms with E-state index in [1.54, 1.807) is 24.3 Å². The van der Waals surface area contributed by atoms with Crippen molar-refractivity contribution in [1.82, 2.24) is 5.32 Å². The molecule has 0 heterocycles. The molecule has 0 aliphatic carbocycles. The molecule has 0 aromatic heterocycles. The zero-order valence-corrected chi connectivity index (χ0v) is 14.0. The van der Waals surface area contributed by atoms with E-state index in [4.69, 9.17) is 9.47 Å². The molecule has 0 spiro atoms. The number of carbonyl (C=O) groups is 2. The fourth-order valence-electron chi connectivity index (χ4n) is 2.23. The smallest absolute Gasteiger partial charge is 0.408 e. The number of rotatable bonds is 8. The molecule has 0 aliphatic heterocycles. The summed E-state index contributed by atoms with van der Waals surface area (Å²) >= 11 is 0. The van der Waals surface area contributed by atoms with E-state index in [1.807, 2.05) is 37.3 Å². The van der Waals surface area contributed by atoms with Crippen LogP contribution in [0.4, 0.5) is 4.79 Å². The third-order valence-electron chi connectivity index (χ3n) is 3.48. The van der Waals surface area contributed by atoms with Crippen LogP contribution in [0.15, 0.2) is 54.6 Å². The van der Waals surface area contributed by atoms with Crippen molar-refractivity contribution in [3.05, 3.63) is 65.7 Å². The molecule has 6 nitrogen and oxygen atoms in total. The fraction of sp³-hybridized carbons (Fsp3) is 0.263. The van der Waals surface area contributed by atoms with Crippen LogP contribution in [0.25, 0.3) is 0 Å². The minimum absolute atomic E-state index is 0.0854. The lowest BCUT2D eigenvalue weighted by atomic mass is 10.1. The Morgan fingerprint density at radius 2 is 1.72 bits per heavy atom. The zero-order chi connectivity index (χ0) is 18.1. The summed E-state index contributed by atoms with van der Waals surface area (Å²) in [4.78, 5) is 23.2. The number of hydrogen-bond acceptors (Lipinski definition) is 4. The van der Waals surface area contributed by atoms with Gasteiger partial charge in [-0.2, -0.15) is 0 Å². The molecule has 0 bridgehead atoms. The SMILES string of the molecule is CCOc1ccc(CC(NC(=O)OCc2ccccc2)C(=O)O)cc1. The second kappa shape index (κ2) is 9.32. The molecule has 0 radical (unpaired) electrons. The van der Waals surface area contributed by atoms with E-state index in [1.165, 1.54) is 0 Å². The largest absolute Gasteiger partial charge is 0.494 e. The van der Waals surface area contributed by atoms with E-state index in [2.05, 4.69) is 5.32 Å². The molecular weight excluding hydrogens is 322 g/mol. The van der Waals surface area contributed by atoms with E-state index in [-0.39, 0.29) is 13.0 Å². The van der Waals surface area contributed by atoms with Gasteiger partial charge in [0.25, 0.3) is 0 Å². The maximum absolute atomic E-state index is 11.8. The molecule has 0 fully saturated rings. The quantitative estimate of drug-likeness (QED) is 0.770. The molecule has 2 aromatic rings. The number of ether oxygens (including phenoxy) is 2. The summed E-state index contributed by atoms with van der Waals surface area (Å²) in [5, 5.41) is 11.7. The first-order valence-corrected chi connectivity index (χ1v) is 8.00. The van der Waals surface area contributed by atoms with Crippen LogP contribution >= 0.6 is 0 Å². The Morgan fingerprint density at radius 3 is 2.32 bits per heavy atom. The molecule has 1 unspecified atom stereocenters. The number of nitrogens with one attached hydrogen (secondary N) is 1. The number of benzene rings is 2. The number of carboxylic acids is 1. The molecule has 0 saturated carbocycles. The van der Waals surface area contributed by atoms with Gasteiger partial charge in [0.2, 0.25) is 0 Å². The average molecular weight is 343 g/mol. The highest BCUT2D eigenvalue weighted by Crippen LogP contribution is 2.13. The summed E-state index contributed by atoms with van der Waals surface area (Å²) in [6, 6.07) is 15.2. The van der Waals surface area contributed by atoms with Gasteiger partial charge in [0.1, 0.15) is 18.4 Å². The molecule has 25 heavy (non-hydrogen) atoms. The van der Waals surface area contributed by atoms with Crippen LogP contribution < -0.4 is 10.1 Å². The second-order valence-corrected chi connectivity index (χ2v) is 5.38. The second-order valence-electron chi connectivity index (χ2n) is 5.38. The molecule has 0 saturated heterocycles. The summed E-state index contributed by atoms with van der Waals surface area (Å²) in [6.45, 7) is 2.54. The molecular formula is C19H21NO5.